The third-order valence-electron chi connectivity index (χ3n) is 1.42. The van der Waals surface area contributed by atoms with Crippen LogP contribution in [0, 0.1) is 0 Å². The van der Waals surface area contributed by atoms with E-state index in [-0.39, 0.29) is 0 Å². The summed E-state index contributed by atoms with van der Waals surface area (Å²) in [4.78, 5) is 0. The van der Waals surface area contributed by atoms with E-state index in [0.717, 1.165) is 0 Å². The molecular formula is C7H18N2. The maximum Gasteiger partial charge on any atom is 0.0131 e. The fourth-order valence-corrected chi connectivity index (χ4v) is 0.941. The zero-order valence-corrected chi connectivity index (χ0v) is 6.78. The molecule has 2 nitrogen and oxygen atoms in total. The molecule has 0 aromatic heterocycles. The molecule has 2 heteroatoms. The first kappa shape index (κ1) is 8.92. The first-order valence-electron chi connectivity index (χ1n) is 3.86. The van der Waals surface area contributed by atoms with Crippen molar-refractivity contribution in [1.82, 2.24) is 10.4 Å². The Bertz CT molecular complexity index is 48.9. The summed E-state index contributed by atoms with van der Waals surface area (Å²) in [5.41, 5.74) is 3.10. The molecule has 0 aromatic rings. The van der Waals surface area contributed by atoms with Crippen LogP contribution in [0.15, 0.2) is 0 Å². The van der Waals surface area contributed by atoms with E-state index in [9.17, 15) is 0 Å². The zero-order chi connectivity index (χ0) is 7.11. The fourth-order valence-electron chi connectivity index (χ4n) is 0.941. The van der Waals surface area contributed by atoms with Gasteiger partial charge >= 0.3 is 0 Å². The molecule has 0 spiro atoms. The van der Waals surface area contributed by atoms with Gasteiger partial charge in [0, 0.05) is 13.1 Å². The maximum atomic E-state index is 3.10. The molecule has 0 atom stereocenters. The smallest absolute Gasteiger partial charge is 0.0131 e. The number of hydrazine groups is 1. The summed E-state index contributed by atoms with van der Waals surface area (Å²) in [6.45, 7) is 6.47. The Balaban J connectivity index is 0.000000291. The predicted octanol–water partition coefficient (Wildman–Crippen LogP) is 1.24. The van der Waals surface area contributed by atoms with E-state index in [2.05, 4.69) is 10.4 Å². The first-order chi connectivity index (χ1) is 4.43. The van der Waals surface area contributed by atoms with Crippen molar-refractivity contribution in [2.24, 2.45) is 0 Å². The van der Waals surface area contributed by atoms with Gasteiger partial charge in [0.05, 0.1) is 0 Å². The van der Waals surface area contributed by atoms with Crippen LogP contribution in [0.1, 0.15) is 26.7 Å². The quantitative estimate of drug-likeness (QED) is 0.574. The van der Waals surface area contributed by atoms with Crippen LogP contribution >= 0.6 is 0 Å². The minimum absolute atomic E-state index is 1.23. The summed E-state index contributed by atoms with van der Waals surface area (Å²) in [6.07, 6.45) is 2.72. The van der Waals surface area contributed by atoms with Crippen LogP contribution in [0.3, 0.4) is 0 Å². The van der Waals surface area contributed by atoms with E-state index >= 15 is 0 Å². The average molecular weight is 130 g/mol. The molecule has 1 N–H and O–H groups in total. The summed E-state index contributed by atoms with van der Waals surface area (Å²) in [5, 5.41) is 2.24. The normalized spacial score (nSPS) is 19.0. The maximum absolute atomic E-state index is 3.10. The van der Waals surface area contributed by atoms with Crippen molar-refractivity contribution >= 4 is 0 Å². The Morgan fingerprint density at radius 1 is 1.11 bits per heavy atom. The van der Waals surface area contributed by atoms with Gasteiger partial charge in [0.15, 0.2) is 0 Å². The van der Waals surface area contributed by atoms with Crippen molar-refractivity contribution in [3.63, 3.8) is 0 Å². The van der Waals surface area contributed by atoms with Gasteiger partial charge in [0.25, 0.3) is 0 Å². The fraction of sp³-hybridized carbons (Fsp3) is 1.00. The van der Waals surface area contributed by atoms with Gasteiger partial charge in [0.1, 0.15) is 0 Å². The zero-order valence-electron chi connectivity index (χ0n) is 6.78. The SMILES string of the molecule is CC.CNN1CCCC1. The number of nitrogens with one attached hydrogen (secondary N) is 1. The highest BCUT2D eigenvalue weighted by Gasteiger charge is 2.06. The highest BCUT2D eigenvalue weighted by atomic mass is 15.5. The van der Waals surface area contributed by atoms with Gasteiger partial charge in [0.2, 0.25) is 0 Å². The molecule has 56 valence electrons. The average Bonchev–Trinajstić information content (AvgIpc) is 2.43. The molecule has 9 heavy (non-hydrogen) atoms. The van der Waals surface area contributed by atoms with Gasteiger partial charge in [-0.2, -0.15) is 0 Å². The highest BCUT2D eigenvalue weighted by molar-refractivity contribution is 4.59. The molecule has 1 aliphatic rings. The highest BCUT2D eigenvalue weighted by Crippen LogP contribution is 2.01. The lowest BCUT2D eigenvalue weighted by atomic mass is 10.4. The summed E-state index contributed by atoms with van der Waals surface area (Å²) < 4.78 is 0. The third kappa shape index (κ3) is 3.49. The van der Waals surface area contributed by atoms with Crippen LogP contribution in [0.25, 0.3) is 0 Å². The molecule has 0 aromatic carbocycles. The Hall–Kier alpha value is -0.0800. The lowest BCUT2D eigenvalue weighted by molar-refractivity contribution is 0.262. The summed E-state index contributed by atoms with van der Waals surface area (Å²) in [5.74, 6) is 0. The van der Waals surface area contributed by atoms with Crippen molar-refractivity contribution in [1.29, 1.82) is 0 Å². The monoisotopic (exact) mass is 130 g/mol. The van der Waals surface area contributed by atoms with Gasteiger partial charge < -0.3 is 0 Å². The molecule has 1 rings (SSSR count). The molecule has 1 saturated heterocycles. The Morgan fingerprint density at radius 2 is 1.56 bits per heavy atom. The van der Waals surface area contributed by atoms with Crippen molar-refractivity contribution in [3.8, 4) is 0 Å². The second-order valence-electron chi connectivity index (χ2n) is 1.92. The van der Waals surface area contributed by atoms with Crippen LogP contribution in [-0.2, 0) is 0 Å². The predicted molar refractivity (Wildman–Crippen MR) is 41.2 cm³/mol. The number of hydrogen-bond donors (Lipinski definition) is 1. The number of hydrogen-bond acceptors (Lipinski definition) is 2. The molecule has 0 unspecified atom stereocenters. The molecular weight excluding hydrogens is 112 g/mol. The second-order valence-corrected chi connectivity index (χ2v) is 1.92. The standard InChI is InChI=1S/C5H12N2.C2H6/c1-6-7-4-2-3-5-7;1-2/h6H,2-5H2,1H3;1-2H3. The molecule has 0 bridgehead atoms. The second kappa shape index (κ2) is 6.05. The molecule has 1 heterocycles. The number of rotatable bonds is 1. The Kier molecular flexibility index (Phi) is 5.99. The Labute approximate surface area is 58.2 Å². The van der Waals surface area contributed by atoms with E-state index in [0.29, 0.717) is 0 Å². The first-order valence-corrected chi connectivity index (χ1v) is 3.86. The van der Waals surface area contributed by atoms with Crippen LogP contribution in [-0.4, -0.2) is 25.1 Å². The van der Waals surface area contributed by atoms with Crippen molar-refractivity contribution < 1.29 is 0 Å². The lowest BCUT2D eigenvalue weighted by Gasteiger charge is -2.10. The largest absolute Gasteiger partial charge is 0.258 e. The summed E-state index contributed by atoms with van der Waals surface area (Å²) in [7, 11) is 1.98. The summed E-state index contributed by atoms with van der Waals surface area (Å²) >= 11 is 0. The van der Waals surface area contributed by atoms with E-state index in [1.54, 1.807) is 0 Å². The van der Waals surface area contributed by atoms with E-state index in [4.69, 9.17) is 0 Å². The lowest BCUT2D eigenvalue weighted by Crippen LogP contribution is -2.31. The van der Waals surface area contributed by atoms with E-state index < -0.39 is 0 Å². The van der Waals surface area contributed by atoms with E-state index in [1.807, 2.05) is 20.9 Å². The molecule has 0 radical (unpaired) electrons. The molecule has 1 aliphatic heterocycles. The van der Waals surface area contributed by atoms with Crippen LogP contribution in [0.4, 0.5) is 0 Å². The van der Waals surface area contributed by atoms with Crippen LogP contribution in [0.5, 0.6) is 0 Å². The van der Waals surface area contributed by atoms with Crippen molar-refractivity contribution in [2.75, 3.05) is 20.1 Å². The van der Waals surface area contributed by atoms with Crippen LogP contribution < -0.4 is 5.43 Å². The van der Waals surface area contributed by atoms with Gasteiger partial charge in [-0.3, -0.25) is 5.43 Å². The molecule has 0 aliphatic carbocycles. The third-order valence-corrected chi connectivity index (χ3v) is 1.42. The molecule has 1 fully saturated rings. The summed E-state index contributed by atoms with van der Waals surface area (Å²) in [6, 6.07) is 0. The molecule has 0 amide bonds. The minimum atomic E-state index is 1.23. The van der Waals surface area contributed by atoms with Crippen LogP contribution in [0.2, 0.25) is 0 Å². The Morgan fingerprint density at radius 3 is 1.78 bits per heavy atom. The van der Waals surface area contributed by atoms with Crippen molar-refractivity contribution in [3.05, 3.63) is 0 Å². The van der Waals surface area contributed by atoms with Gasteiger partial charge in [-0.1, -0.05) is 13.8 Å². The topological polar surface area (TPSA) is 15.3 Å². The van der Waals surface area contributed by atoms with Crippen molar-refractivity contribution in [2.45, 2.75) is 26.7 Å². The van der Waals surface area contributed by atoms with Gasteiger partial charge in [-0.15, -0.1) is 0 Å². The van der Waals surface area contributed by atoms with Gasteiger partial charge in [-0.05, 0) is 19.9 Å². The van der Waals surface area contributed by atoms with E-state index in [1.165, 1.54) is 25.9 Å². The van der Waals surface area contributed by atoms with Gasteiger partial charge in [-0.25, -0.2) is 5.01 Å². The number of nitrogens with zero attached hydrogens (tertiary/aromatic N) is 1. The molecule has 0 saturated carbocycles. The minimum Gasteiger partial charge on any atom is -0.258 e.